The van der Waals surface area contributed by atoms with E-state index in [9.17, 15) is 4.79 Å². The van der Waals surface area contributed by atoms with Gasteiger partial charge in [-0.25, -0.2) is 0 Å². The van der Waals surface area contributed by atoms with E-state index >= 15 is 0 Å². The zero-order valence-electron chi connectivity index (χ0n) is 14.7. The van der Waals surface area contributed by atoms with Crippen molar-refractivity contribution in [3.8, 4) is 0 Å². The molecular formula is C17H34N2O2. The SMILES string of the molecule is CCOC(=O)C(C)(CN(C)C1CCC(C)CC1)NC(C)C. The summed E-state index contributed by atoms with van der Waals surface area (Å²) >= 11 is 0. The molecule has 1 N–H and O–H groups in total. The molecule has 0 saturated heterocycles. The van der Waals surface area contributed by atoms with E-state index in [-0.39, 0.29) is 12.0 Å². The van der Waals surface area contributed by atoms with E-state index in [1.807, 2.05) is 13.8 Å². The first-order valence-corrected chi connectivity index (χ1v) is 8.43. The van der Waals surface area contributed by atoms with Gasteiger partial charge in [0.1, 0.15) is 5.54 Å². The minimum absolute atomic E-state index is 0.144. The predicted octanol–water partition coefficient (Wildman–Crippen LogP) is 2.82. The van der Waals surface area contributed by atoms with Crippen molar-refractivity contribution in [2.75, 3.05) is 20.2 Å². The second-order valence-electron chi connectivity index (χ2n) is 7.18. The number of hydrogen-bond donors (Lipinski definition) is 1. The maximum atomic E-state index is 12.4. The Morgan fingerprint density at radius 3 is 2.38 bits per heavy atom. The van der Waals surface area contributed by atoms with Crippen molar-refractivity contribution in [3.63, 3.8) is 0 Å². The van der Waals surface area contributed by atoms with Crippen molar-refractivity contribution in [2.24, 2.45) is 5.92 Å². The van der Waals surface area contributed by atoms with Gasteiger partial charge in [-0.3, -0.25) is 10.1 Å². The van der Waals surface area contributed by atoms with Crippen LogP contribution in [0.3, 0.4) is 0 Å². The van der Waals surface area contributed by atoms with Gasteiger partial charge in [0.15, 0.2) is 0 Å². The summed E-state index contributed by atoms with van der Waals surface area (Å²) < 4.78 is 5.29. The van der Waals surface area contributed by atoms with Crippen molar-refractivity contribution in [2.45, 2.75) is 77.9 Å². The molecule has 0 aromatic carbocycles. The molecule has 1 saturated carbocycles. The molecule has 1 atom stereocenters. The molecule has 1 rings (SSSR count). The van der Waals surface area contributed by atoms with E-state index in [0.29, 0.717) is 19.2 Å². The Kier molecular flexibility index (Phi) is 7.14. The first kappa shape index (κ1) is 18.4. The lowest BCUT2D eigenvalue weighted by molar-refractivity contribution is -0.152. The Morgan fingerprint density at radius 1 is 1.33 bits per heavy atom. The van der Waals surface area contributed by atoms with E-state index in [4.69, 9.17) is 4.74 Å². The fourth-order valence-electron chi connectivity index (χ4n) is 3.41. The topological polar surface area (TPSA) is 41.6 Å². The molecule has 0 aromatic rings. The number of nitrogens with one attached hydrogen (secondary N) is 1. The lowest BCUT2D eigenvalue weighted by Crippen LogP contribution is -2.60. The van der Waals surface area contributed by atoms with Gasteiger partial charge >= 0.3 is 5.97 Å². The van der Waals surface area contributed by atoms with Gasteiger partial charge < -0.3 is 9.64 Å². The molecule has 0 radical (unpaired) electrons. The molecule has 21 heavy (non-hydrogen) atoms. The molecule has 124 valence electrons. The Bertz CT molecular complexity index is 325. The zero-order valence-corrected chi connectivity index (χ0v) is 14.7. The first-order chi connectivity index (χ1) is 9.78. The molecule has 0 aromatic heterocycles. The highest BCUT2D eigenvalue weighted by Crippen LogP contribution is 2.27. The van der Waals surface area contributed by atoms with E-state index in [1.165, 1.54) is 25.7 Å². The van der Waals surface area contributed by atoms with Crippen LogP contribution in [0.15, 0.2) is 0 Å². The van der Waals surface area contributed by atoms with Crippen LogP contribution in [0.5, 0.6) is 0 Å². The van der Waals surface area contributed by atoms with E-state index in [0.717, 1.165) is 5.92 Å². The van der Waals surface area contributed by atoms with Crippen molar-refractivity contribution in [1.82, 2.24) is 10.2 Å². The second kappa shape index (κ2) is 8.14. The molecular weight excluding hydrogens is 264 g/mol. The van der Waals surface area contributed by atoms with Gasteiger partial charge in [0.2, 0.25) is 0 Å². The summed E-state index contributed by atoms with van der Waals surface area (Å²) in [6.07, 6.45) is 5.06. The van der Waals surface area contributed by atoms with E-state index in [2.05, 4.69) is 38.0 Å². The summed E-state index contributed by atoms with van der Waals surface area (Å²) in [6, 6.07) is 0.836. The third-order valence-corrected chi connectivity index (χ3v) is 4.51. The normalized spacial score (nSPS) is 25.9. The van der Waals surface area contributed by atoms with E-state index in [1.54, 1.807) is 0 Å². The number of hydrogen-bond acceptors (Lipinski definition) is 4. The molecule has 0 aliphatic heterocycles. The zero-order chi connectivity index (χ0) is 16.0. The Morgan fingerprint density at radius 2 is 1.90 bits per heavy atom. The molecule has 0 heterocycles. The minimum Gasteiger partial charge on any atom is -0.465 e. The van der Waals surface area contributed by atoms with Crippen LogP contribution in [-0.2, 0) is 9.53 Å². The summed E-state index contributed by atoms with van der Waals surface area (Å²) in [7, 11) is 2.14. The lowest BCUT2D eigenvalue weighted by Gasteiger charge is -2.39. The van der Waals surface area contributed by atoms with Crippen LogP contribution in [0, 0.1) is 5.92 Å². The molecule has 1 aliphatic rings. The average Bonchev–Trinajstić information content (AvgIpc) is 2.38. The summed E-state index contributed by atoms with van der Waals surface area (Å²) in [4.78, 5) is 14.7. The predicted molar refractivity (Wildman–Crippen MR) is 87.4 cm³/mol. The van der Waals surface area contributed by atoms with Crippen LogP contribution >= 0.6 is 0 Å². The van der Waals surface area contributed by atoms with Crippen LogP contribution in [0.4, 0.5) is 0 Å². The highest BCUT2D eigenvalue weighted by molar-refractivity contribution is 5.80. The van der Waals surface area contributed by atoms with Crippen LogP contribution in [0.25, 0.3) is 0 Å². The second-order valence-corrected chi connectivity index (χ2v) is 7.18. The van der Waals surface area contributed by atoms with Gasteiger partial charge in [-0.1, -0.05) is 6.92 Å². The summed E-state index contributed by atoms with van der Waals surface area (Å²) in [5, 5.41) is 3.40. The van der Waals surface area contributed by atoms with Crippen LogP contribution in [0.1, 0.15) is 60.3 Å². The monoisotopic (exact) mass is 298 g/mol. The van der Waals surface area contributed by atoms with Crippen molar-refractivity contribution in [1.29, 1.82) is 0 Å². The Labute approximate surface area is 130 Å². The smallest absolute Gasteiger partial charge is 0.327 e. The number of esters is 1. The number of carbonyl (C=O) groups excluding carboxylic acids is 1. The highest BCUT2D eigenvalue weighted by atomic mass is 16.5. The third kappa shape index (κ3) is 5.59. The number of likely N-dealkylation sites (N-methyl/N-ethyl adjacent to an activating group) is 1. The minimum atomic E-state index is -0.637. The molecule has 1 aliphatic carbocycles. The molecule has 0 bridgehead atoms. The van der Waals surface area contributed by atoms with Crippen molar-refractivity contribution in [3.05, 3.63) is 0 Å². The average molecular weight is 298 g/mol. The number of rotatable bonds is 7. The summed E-state index contributed by atoms with van der Waals surface area (Å²) in [5.74, 6) is 0.703. The quantitative estimate of drug-likeness (QED) is 0.734. The number of ether oxygens (including phenoxy) is 1. The largest absolute Gasteiger partial charge is 0.465 e. The Balaban J connectivity index is 2.68. The van der Waals surface area contributed by atoms with Crippen LogP contribution < -0.4 is 5.32 Å². The highest BCUT2D eigenvalue weighted by Gasteiger charge is 2.38. The Hall–Kier alpha value is -0.610. The summed E-state index contributed by atoms with van der Waals surface area (Å²) in [5.41, 5.74) is -0.637. The van der Waals surface area contributed by atoms with Gasteiger partial charge in [-0.05, 0) is 66.3 Å². The third-order valence-electron chi connectivity index (χ3n) is 4.51. The van der Waals surface area contributed by atoms with Crippen molar-refractivity contribution < 1.29 is 9.53 Å². The fraction of sp³-hybridized carbons (Fsp3) is 0.941. The molecule has 4 heteroatoms. The molecule has 1 fully saturated rings. The standard InChI is InChI=1S/C17H34N2O2/c1-7-21-16(20)17(5,18-13(2)3)12-19(6)15-10-8-14(4)9-11-15/h13-15,18H,7-12H2,1-6H3. The maximum Gasteiger partial charge on any atom is 0.327 e. The van der Waals surface area contributed by atoms with Crippen LogP contribution in [-0.4, -0.2) is 48.7 Å². The maximum absolute atomic E-state index is 12.4. The van der Waals surface area contributed by atoms with Gasteiger partial charge in [0.05, 0.1) is 6.61 Å². The first-order valence-electron chi connectivity index (χ1n) is 8.43. The van der Waals surface area contributed by atoms with Crippen LogP contribution in [0.2, 0.25) is 0 Å². The van der Waals surface area contributed by atoms with Gasteiger partial charge in [-0.15, -0.1) is 0 Å². The van der Waals surface area contributed by atoms with E-state index < -0.39 is 5.54 Å². The molecule has 0 spiro atoms. The van der Waals surface area contributed by atoms with Gasteiger partial charge in [0, 0.05) is 18.6 Å². The number of nitrogens with zero attached hydrogens (tertiary/aromatic N) is 1. The molecule has 1 unspecified atom stereocenters. The fourth-order valence-corrected chi connectivity index (χ4v) is 3.41. The molecule has 0 amide bonds. The lowest BCUT2D eigenvalue weighted by atomic mass is 9.86. The van der Waals surface area contributed by atoms with Crippen molar-refractivity contribution >= 4 is 5.97 Å². The molecule has 4 nitrogen and oxygen atoms in total. The summed E-state index contributed by atoms with van der Waals surface area (Å²) in [6.45, 7) is 11.4. The number of carbonyl (C=O) groups is 1. The van der Waals surface area contributed by atoms with Gasteiger partial charge in [0.25, 0.3) is 0 Å². The van der Waals surface area contributed by atoms with Gasteiger partial charge in [-0.2, -0.15) is 0 Å².